The topological polar surface area (TPSA) is 102 Å². The zero-order valence-electron chi connectivity index (χ0n) is 19.5. The first kappa shape index (κ1) is 20.9. The Kier molecular flexibility index (Phi) is 4.65. The third-order valence-corrected chi connectivity index (χ3v) is 8.61. The zero-order valence-corrected chi connectivity index (χ0v) is 20.3. The molecule has 1 aliphatic heterocycles. The van der Waals surface area contributed by atoms with Crippen LogP contribution < -0.4 is 10.6 Å². The van der Waals surface area contributed by atoms with Gasteiger partial charge in [-0.1, -0.05) is 48.2 Å². The normalized spacial score (nSPS) is 19.1. The van der Waals surface area contributed by atoms with Gasteiger partial charge in [0, 0.05) is 42.7 Å². The summed E-state index contributed by atoms with van der Waals surface area (Å²) in [6.45, 7) is 1.84. The second kappa shape index (κ2) is 7.79. The first-order chi connectivity index (χ1) is 17.1. The molecule has 1 atom stereocenters. The SMILES string of the molecule is Cn1cc2cccc(Sc3cnc4[nH]c(N5CCC6(CC5)Cc5ccccc5[C@H]6N)nc4n3)c2n1. The monoisotopic (exact) mass is 482 g/mol. The van der Waals surface area contributed by atoms with Gasteiger partial charge in [0.05, 0.1) is 6.20 Å². The lowest BCUT2D eigenvalue weighted by atomic mass is 9.73. The minimum Gasteiger partial charge on any atom is -0.342 e. The smallest absolute Gasteiger partial charge is 0.206 e. The van der Waals surface area contributed by atoms with Crippen LogP contribution in [0.2, 0.25) is 0 Å². The van der Waals surface area contributed by atoms with E-state index >= 15 is 0 Å². The predicted octanol–water partition coefficient (Wildman–Crippen LogP) is 4.23. The van der Waals surface area contributed by atoms with E-state index in [1.165, 1.54) is 11.1 Å². The third-order valence-electron chi connectivity index (χ3n) is 7.65. The van der Waals surface area contributed by atoms with E-state index in [4.69, 9.17) is 15.7 Å². The van der Waals surface area contributed by atoms with Gasteiger partial charge in [-0.15, -0.1) is 0 Å². The quantitative estimate of drug-likeness (QED) is 0.397. The Morgan fingerprint density at radius 3 is 2.80 bits per heavy atom. The van der Waals surface area contributed by atoms with Gasteiger partial charge in [-0.05, 0) is 41.9 Å². The van der Waals surface area contributed by atoms with E-state index in [1.807, 2.05) is 24.0 Å². The number of nitrogens with two attached hydrogens (primary N) is 1. The predicted molar refractivity (Wildman–Crippen MR) is 137 cm³/mol. The number of rotatable bonds is 3. The van der Waals surface area contributed by atoms with Gasteiger partial charge in [0.15, 0.2) is 11.3 Å². The number of aromatic nitrogens is 6. The molecule has 35 heavy (non-hydrogen) atoms. The summed E-state index contributed by atoms with van der Waals surface area (Å²) in [5.41, 5.74) is 12.0. The number of benzene rings is 2. The van der Waals surface area contributed by atoms with E-state index in [0.29, 0.717) is 11.3 Å². The molecule has 176 valence electrons. The number of hydrogen-bond acceptors (Lipinski definition) is 7. The molecule has 4 heterocycles. The van der Waals surface area contributed by atoms with Crippen molar-refractivity contribution in [3.05, 3.63) is 66.0 Å². The molecule has 2 aromatic carbocycles. The van der Waals surface area contributed by atoms with Crippen molar-refractivity contribution in [1.82, 2.24) is 29.7 Å². The maximum atomic E-state index is 6.75. The number of piperidine rings is 1. The molecule has 0 amide bonds. The molecule has 0 unspecified atom stereocenters. The largest absolute Gasteiger partial charge is 0.342 e. The molecule has 9 heteroatoms. The molecule has 8 nitrogen and oxygen atoms in total. The van der Waals surface area contributed by atoms with Crippen LogP contribution in [0.5, 0.6) is 0 Å². The molecule has 1 saturated heterocycles. The van der Waals surface area contributed by atoms with Crippen molar-refractivity contribution in [3.63, 3.8) is 0 Å². The Labute approximate surface area is 207 Å². The lowest BCUT2D eigenvalue weighted by Gasteiger charge is -2.42. The molecule has 0 bridgehead atoms. The molecule has 3 N–H and O–H groups in total. The van der Waals surface area contributed by atoms with E-state index in [9.17, 15) is 0 Å². The first-order valence-corrected chi connectivity index (χ1v) is 12.8. The van der Waals surface area contributed by atoms with E-state index < -0.39 is 0 Å². The molecule has 7 rings (SSSR count). The fourth-order valence-electron chi connectivity index (χ4n) is 5.77. The van der Waals surface area contributed by atoms with Gasteiger partial charge in [0.25, 0.3) is 0 Å². The Hall–Kier alpha value is -3.43. The fourth-order valence-corrected chi connectivity index (χ4v) is 6.63. The first-order valence-electron chi connectivity index (χ1n) is 12.0. The van der Waals surface area contributed by atoms with Crippen LogP contribution in [-0.2, 0) is 13.5 Å². The zero-order chi connectivity index (χ0) is 23.6. The van der Waals surface area contributed by atoms with E-state index in [-0.39, 0.29) is 11.5 Å². The number of fused-ring (bicyclic) bond motifs is 3. The third kappa shape index (κ3) is 3.41. The van der Waals surface area contributed by atoms with Gasteiger partial charge in [-0.25, -0.2) is 9.97 Å². The van der Waals surface area contributed by atoms with Crippen molar-refractivity contribution < 1.29 is 0 Å². The average molecular weight is 483 g/mol. The summed E-state index contributed by atoms with van der Waals surface area (Å²) in [4.78, 5) is 21.0. The van der Waals surface area contributed by atoms with Crippen LogP contribution in [0.1, 0.15) is 30.0 Å². The minimum absolute atomic E-state index is 0.114. The number of aryl methyl sites for hydroxylation is 1. The fraction of sp³-hybridized carbons (Fsp3) is 0.308. The highest BCUT2D eigenvalue weighted by molar-refractivity contribution is 7.99. The second-order valence-corrected chi connectivity index (χ2v) is 10.8. The van der Waals surface area contributed by atoms with E-state index in [1.54, 1.807) is 18.0 Å². The van der Waals surface area contributed by atoms with Crippen LogP contribution in [0.15, 0.2) is 64.8 Å². The number of imidazole rings is 1. The molecule has 2 aliphatic rings. The number of nitrogens with one attached hydrogen (secondary N) is 1. The van der Waals surface area contributed by atoms with Gasteiger partial charge < -0.3 is 15.6 Å². The molecule has 0 radical (unpaired) electrons. The van der Waals surface area contributed by atoms with Crippen molar-refractivity contribution in [2.45, 2.75) is 35.2 Å². The highest BCUT2D eigenvalue weighted by Gasteiger charge is 2.46. The standard InChI is InChI=1S/C26H26N8S/c1-33-15-17-6-4-8-19(21(17)32-33)35-20-14-28-23-24(29-20)31-25(30-23)34-11-9-26(10-12-34)13-16-5-2-3-7-18(16)22(26)27/h2-8,14-15,22H,9-13,27H2,1H3,(H,28,29,30,31)/t22-/m1/s1. The van der Waals surface area contributed by atoms with Gasteiger partial charge in [-0.3, -0.25) is 4.68 Å². The molecule has 1 spiro atoms. The molecule has 1 aliphatic carbocycles. The summed E-state index contributed by atoms with van der Waals surface area (Å²) < 4.78 is 1.84. The summed E-state index contributed by atoms with van der Waals surface area (Å²) in [6.07, 6.45) is 7.00. The summed E-state index contributed by atoms with van der Waals surface area (Å²) in [5, 5.41) is 6.51. The maximum Gasteiger partial charge on any atom is 0.206 e. The highest BCUT2D eigenvalue weighted by atomic mass is 32.2. The summed E-state index contributed by atoms with van der Waals surface area (Å²) >= 11 is 1.57. The lowest BCUT2D eigenvalue weighted by molar-refractivity contribution is 0.187. The Morgan fingerprint density at radius 1 is 1.09 bits per heavy atom. The van der Waals surface area contributed by atoms with Crippen molar-refractivity contribution in [3.8, 4) is 0 Å². The summed E-state index contributed by atoms with van der Waals surface area (Å²) in [6, 6.07) is 14.9. The van der Waals surface area contributed by atoms with Crippen LogP contribution in [0.4, 0.5) is 5.95 Å². The summed E-state index contributed by atoms with van der Waals surface area (Å²) in [7, 11) is 1.94. The van der Waals surface area contributed by atoms with Crippen LogP contribution in [0.25, 0.3) is 22.2 Å². The number of anilines is 1. The molecule has 1 fully saturated rings. The Bertz CT molecular complexity index is 1560. The maximum absolute atomic E-state index is 6.75. The van der Waals surface area contributed by atoms with Crippen molar-refractivity contribution in [2.24, 2.45) is 18.2 Å². The van der Waals surface area contributed by atoms with Crippen LogP contribution in [0.3, 0.4) is 0 Å². The van der Waals surface area contributed by atoms with E-state index in [0.717, 1.165) is 59.1 Å². The molecular weight excluding hydrogens is 456 g/mol. The minimum atomic E-state index is 0.114. The number of hydrogen-bond donors (Lipinski definition) is 2. The Morgan fingerprint density at radius 2 is 1.94 bits per heavy atom. The Balaban J connectivity index is 1.10. The van der Waals surface area contributed by atoms with E-state index in [2.05, 4.69) is 56.4 Å². The van der Waals surface area contributed by atoms with Crippen molar-refractivity contribution in [1.29, 1.82) is 0 Å². The average Bonchev–Trinajstić information content (AvgIpc) is 3.54. The number of nitrogens with zero attached hydrogens (tertiary/aromatic N) is 6. The molecule has 3 aromatic heterocycles. The van der Waals surface area contributed by atoms with Crippen LogP contribution >= 0.6 is 11.8 Å². The van der Waals surface area contributed by atoms with Crippen LogP contribution in [-0.4, -0.2) is 42.8 Å². The van der Waals surface area contributed by atoms with Crippen molar-refractivity contribution >= 4 is 39.9 Å². The van der Waals surface area contributed by atoms with Gasteiger partial charge in [0.1, 0.15) is 10.5 Å². The molecular formula is C26H26N8S. The summed E-state index contributed by atoms with van der Waals surface area (Å²) in [5.74, 6) is 0.841. The number of H-pyrrole nitrogens is 1. The molecule has 0 saturated carbocycles. The lowest BCUT2D eigenvalue weighted by Crippen LogP contribution is -2.44. The van der Waals surface area contributed by atoms with Crippen LogP contribution in [0, 0.1) is 5.41 Å². The second-order valence-electron chi connectivity index (χ2n) is 9.74. The number of aromatic amines is 1. The van der Waals surface area contributed by atoms with Gasteiger partial charge in [0.2, 0.25) is 5.95 Å². The highest BCUT2D eigenvalue weighted by Crippen LogP contribution is 2.50. The van der Waals surface area contributed by atoms with Gasteiger partial charge >= 0.3 is 0 Å². The molecule has 5 aromatic rings. The van der Waals surface area contributed by atoms with Crippen molar-refractivity contribution in [2.75, 3.05) is 18.0 Å². The van der Waals surface area contributed by atoms with Gasteiger partial charge in [-0.2, -0.15) is 10.1 Å².